The summed E-state index contributed by atoms with van der Waals surface area (Å²) in [6, 6.07) is 0. The van der Waals surface area contributed by atoms with Gasteiger partial charge >= 0.3 is 5.97 Å². The first-order valence-electron chi connectivity index (χ1n) is 10.6. The molecule has 8 heteroatoms. The molecule has 0 aromatic heterocycles. The van der Waals surface area contributed by atoms with Gasteiger partial charge in [0.1, 0.15) is 12.0 Å². The van der Waals surface area contributed by atoms with Crippen molar-refractivity contribution in [2.24, 2.45) is 5.41 Å². The molecule has 1 N–H and O–H groups in total. The van der Waals surface area contributed by atoms with E-state index in [0.29, 0.717) is 43.1 Å². The van der Waals surface area contributed by atoms with Crippen molar-refractivity contribution in [3.63, 3.8) is 0 Å². The summed E-state index contributed by atoms with van der Waals surface area (Å²) in [4.78, 5) is 12.6. The normalized spacial score (nSPS) is 14.6. The summed E-state index contributed by atoms with van der Waals surface area (Å²) in [5.41, 5.74) is 0.128. The number of aliphatic hydroxyl groups is 1. The van der Waals surface area contributed by atoms with Crippen molar-refractivity contribution in [3.05, 3.63) is 0 Å². The second kappa shape index (κ2) is 14.5. The molecule has 0 amide bonds. The highest BCUT2D eigenvalue weighted by atomic mass is 28.4. The standard InChI is InChI=1S/C21H44O7Si/c1-17(2)29(18(3)4,19(5)6)28-16-21(7,15-22)20(23)27-14-13-26-12-11-25-10-9-24-8/h17-19,22H,9-16H2,1-8H3. The van der Waals surface area contributed by atoms with Gasteiger partial charge in [0.2, 0.25) is 0 Å². The number of carbonyl (C=O) groups is 1. The molecule has 0 rings (SSSR count). The molecule has 0 aliphatic heterocycles. The van der Waals surface area contributed by atoms with Crippen molar-refractivity contribution < 1.29 is 33.3 Å². The third kappa shape index (κ3) is 9.02. The fourth-order valence-electron chi connectivity index (χ4n) is 3.79. The van der Waals surface area contributed by atoms with Gasteiger partial charge < -0.3 is 28.5 Å². The molecule has 1 unspecified atom stereocenters. The van der Waals surface area contributed by atoms with E-state index in [2.05, 4.69) is 41.5 Å². The van der Waals surface area contributed by atoms with Crippen molar-refractivity contribution in [2.75, 3.05) is 60.0 Å². The van der Waals surface area contributed by atoms with Crippen LogP contribution in [0.3, 0.4) is 0 Å². The number of aliphatic hydroxyl groups excluding tert-OH is 1. The van der Waals surface area contributed by atoms with Crippen LogP contribution in [0.15, 0.2) is 0 Å². The molecule has 0 bridgehead atoms. The minimum Gasteiger partial charge on any atom is -0.463 e. The van der Waals surface area contributed by atoms with Crippen LogP contribution in [0.1, 0.15) is 48.5 Å². The topological polar surface area (TPSA) is 83.5 Å². The predicted octanol–water partition coefficient (Wildman–Crippen LogP) is 3.40. The Hall–Kier alpha value is -0.513. The molecular formula is C21H44O7Si. The average Bonchev–Trinajstić information content (AvgIpc) is 2.65. The van der Waals surface area contributed by atoms with Crippen molar-refractivity contribution in [2.45, 2.75) is 65.1 Å². The zero-order chi connectivity index (χ0) is 22.5. The molecule has 0 spiro atoms. The molecule has 1 atom stereocenters. The molecule has 0 aliphatic rings. The lowest BCUT2D eigenvalue weighted by Crippen LogP contribution is -2.51. The lowest BCUT2D eigenvalue weighted by molar-refractivity contribution is -0.161. The van der Waals surface area contributed by atoms with E-state index in [4.69, 9.17) is 23.4 Å². The highest BCUT2D eigenvalue weighted by Crippen LogP contribution is 2.43. The maximum absolute atomic E-state index is 12.6. The van der Waals surface area contributed by atoms with Crippen LogP contribution < -0.4 is 0 Å². The summed E-state index contributed by atoms with van der Waals surface area (Å²) in [5.74, 6) is -0.459. The van der Waals surface area contributed by atoms with Crippen molar-refractivity contribution in [1.29, 1.82) is 0 Å². The van der Waals surface area contributed by atoms with E-state index in [0.717, 1.165) is 0 Å². The van der Waals surface area contributed by atoms with E-state index >= 15 is 0 Å². The highest BCUT2D eigenvalue weighted by molar-refractivity contribution is 6.77. The second-order valence-corrected chi connectivity index (χ2v) is 14.1. The molecule has 0 aromatic rings. The van der Waals surface area contributed by atoms with Gasteiger partial charge in [-0.3, -0.25) is 4.79 Å². The van der Waals surface area contributed by atoms with Gasteiger partial charge in [-0.2, -0.15) is 0 Å². The Labute approximate surface area is 178 Å². The smallest absolute Gasteiger partial charge is 0.316 e. The minimum absolute atomic E-state index is 0.133. The number of hydrogen-bond donors (Lipinski definition) is 1. The molecule has 0 radical (unpaired) electrons. The summed E-state index contributed by atoms with van der Waals surface area (Å²) in [7, 11) is -0.508. The van der Waals surface area contributed by atoms with E-state index in [9.17, 15) is 9.90 Å². The third-order valence-electron chi connectivity index (χ3n) is 5.45. The highest BCUT2D eigenvalue weighted by Gasteiger charge is 2.47. The number of rotatable bonds is 17. The molecule has 0 fully saturated rings. The number of esters is 1. The van der Waals surface area contributed by atoms with Crippen LogP contribution in [0.4, 0.5) is 0 Å². The summed E-state index contributed by atoms with van der Waals surface area (Å²) in [6.07, 6.45) is 0. The van der Waals surface area contributed by atoms with E-state index in [1.807, 2.05) is 0 Å². The van der Waals surface area contributed by atoms with E-state index in [1.165, 1.54) is 0 Å². The first-order valence-corrected chi connectivity index (χ1v) is 12.8. The van der Waals surface area contributed by atoms with Crippen LogP contribution in [0, 0.1) is 5.41 Å². The van der Waals surface area contributed by atoms with Gasteiger partial charge in [-0.15, -0.1) is 0 Å². The van der Waals surface area contributed by atoms with Gasteiger partial charge in [-0.1, -0.05) is 41.5 Å². The number of carbonyl (C=O) groups excluding carboxylic acids is 1. The SMILES string of the molecule is COCCOCCOCCOC(=O)C(C)(CO)CO[Si](C(C)C)(C(C)C)C(C)C. The van der Waals surface area contributed by atoms with Crippen LogP contribution in [0.5, 0.6) is 0 Å². The Morgan fingerprint density at radius 2 is 1.31 bits per heavy atom. The second-order valence-electron chi connectivity index (χ2n) is 8.68. The minimum atomic E-state index is -2.13. The largest absolute Gasteiger partial charge is 0.463 e. The van der Waals surface area contributed by atoms with Crippen LogP contribution >= 0.6 is 0 Å². The van der Waals surface area contributed by atoms with Crippen LogP contribution in [-0.4, -0.2) is 79.4 Å². The Kier molecular flexibility index (Phi) is 14.2. The van der Waals surface area contributed by atoms with Gasteiger partial charge in [-0.05, 0) is 23.5 Å². The number of methoxy groups -OCH3 is 1. The molecule has 0 aliphatic carbocycles. The summed E-state index contributed by atoms with van der Waals surface area (Å²) >= 11 is 0. The number of hydrogen-bond acceptors (Lipinski definition) is 7. The lowest BCUT2D eigenvalue weighted by atomic mass is 9.93. The summed E-state index contributed by atoms with van der Waals surface area (Å²) in [6.45, 7) is 17.1. The summed E-state index contributed by atoms with van der Waals surface area (Å²) in [5, 5.41) is 9.89. The van der Waals surface area contributed by atoms with Gasteiger partial charge in [-0.25, -0.2) is 0 Å². The van der Waals surface area contributed by atoms with Gasteiger partial charge in [0, 0.05) is 7.11 Å². The fourth-order valence-corrected chi connectivity index (χ4v) is 9.35. The lowest BCUT2D eigenvalue weighted by Gasteiger charge is -2.44. The molecular weight excluding hydrogens is 392 g/mol. The van der Waals surface area contributed by atoms with E-state index in [1.54, 1.807) is 14.0 Å². The van der Waals surface area contributed by atoms with Crippen LogP contribution in [0.2, 0.25) is 16.6 Å². The molecule has 29 heavy (non-hydrogen) atoms. The van der Waals surface area contributed by atoms with Crippen LogP contribution in [0.25, 0.3) is 0 Å². The fraction of sp³-hybridized carbons (Fsp3) is 0.952. The molecule has 174 valence electrons. The zero-order valence-electron chi connectivity index (χ0n) is 19.8. The molecule has 0 heterocycles. The Morgan fingerprint density at radius 3 is 1.72 bits per heavy atom. The monoisotopic (exact) mass is 436 g/mol. The van der Waals surface area contributed by atoms with Crippen molar-refractivity contribution in [1.82, 2.24) is 0 Å². The van der Waals surface area contributed by atoms with Gasteiger partial charge in [0.25, 0.3) is 0 Å². The first kappa shape index (κ1) is 28.5. The third-order valence-corrected chi connectivity index (χ3v) is 11.5. The molecule has 0 saturated carbocycles. The van der Waals surface area contributed by atoms with Crippen molar-refractivity contribution >= 4 is 14.3 Å². The maximum Gasteiger partial charge on any atom is 0.316 e. The van der Waals surface area contributed by atoms with E-state index < -0.39 is 19.7 Å². The van der Waals surface area contributed by atoms with Crippen molar-refractivity contribution in [3.8, 4) is 0 Å². The molecule has 7 nitrogen and oxygen atoms in total. The maximum atomic E-state index is 12.6. The molecule has 0 aromatic carbocycles. The predicted molar refractivity (Wildman–Crippen MR) is 117 cm³/mol. The Bertz CT molecular complexity index is 421. The molecule has 0 saturated heterocycles. The quantitative estimate of drug-likeness (QED) is 0.212. The van der Waals surface area contributed by atoms with Gasteiger partial charge in [0.05, 0.1) is 46.2 Å². The Morgan fingerprint density at radius 1 is 0.862 bits per heavy atom. The van der Waals surface area contributed by atoms with Gasteiger partial charge in [0.15, 0.2) is 8.32 Å². The first-order chi connectivity index (χ1) is 13.6. The number of ether oxygens (including phenoxy) is 4. The Balaban J connectivity index is 4.55. The van der Waals surface area contributed by atoms with Crippen LogP contribution in [-0.2, 0) is 28.2 Å². The summed E-state index contributed by atoms with van der Waals surface area (Å²) < 4.78 is 27.4. The average molecular weight is 437 g/mol. The van der Waals surface area contributed by atoms with E-state index in [-0.39, 0.29) is 26.4 Å². The zero-order valence-corrected chi connectivity index (χ0v) is 20.8.